The van der Waals surface area contributed by atoms with Crippen LogP contribution in [0.1, 0.15) is 54.1 Å². The highest BCUT2D eigenvalue weighted by Crippen LogP contribution is 2.29. The van der Waals surface area contributed by atoms with Crippen molar-refractivity contribution in [2.75, 3.05) is 26.0 Å². The number of carbonyl (C=O) groups excluding carboxylic acids is 2. The quantitative estimate of drug-likeness (QED) is 0.462. The Labute approximate surface area is 187 Å². The van der Waals surface area contributed by atoms with Gasteiger partial charge in [-0.25, -0.2) is 4.79 Å². The van der Waals surface area contributed by atoms with Gasteiger partial charge in [0.1, 0.15) is 11.8 Å². The van der Waals surface area contributed by atoms with Crippen LogP contribution in [-0.2, 0) is 26.6 Å². The molecule has 7 nitrogen and oxygen atoms in total. The number of amides is 1. The first-order chi connectivity index (χ1) is 14.5. The van der Waals surface area contributed by atoms with E-state index in [1.807, 2.05) is 6.92 Å². The Hall–Kier alpha value is -1.84. The number of phenols is 1. The molecule has 2 rings (SSSR count). The van der Waals surface area contributed by atoms with Crippen molar-refractivity contribution in [2.24, 2.45) is 0 Å². The summed E-state index contributed by atoms with van der Waals surface area (Å²) in [6, 6.07) is 2.83. The van der Waals surface area contributed by atoms with Gasteiger partial charge in [-0.3, -0.25) is 4.79 Å². The van der Waals surface area contributed by atoms with Gasteiger partial charge in [-0.15, -0.1) is 0 Å². The van der Waals surface area contributed by atoms with Crippen LogP contribution in [0.15, 0.2) is 12.1 Å². The molecule has 0 fully saturated rings. The molecule has 1 atom stereocenters. The monoisotopic (exact) mass is 454 g/mol. The second-order valence-electron chi connectivity index (χ2n) is 7.09. The van der Waals surface area contributed by atoms with Crippen molar-refractivity contribution < 1.29 is 24.2 Å². The van der Waals surface area contributed by atoms with Crippen LogP contribution >= 0.6 is 24.0 Å². The lowest BCUT2D eigenvalue weighted by molar-refractivity contribution is -0.122. The largest absolute Gasteiger partial charge is 0.508 e. The third kappa shape index (κ3) is 7.45. The summed E-state index contributed by atoms with van der Waals surface area (Å²) in [6.45, 7) is 3.15. The number of benzene rings is 1. The van der Waals surface area contributed by atoms with Gasteiger partial charge in [-0.05, 0) is 43.4 Å². The summed E-state index contributed by atoms with van der Waals surface area (Å²) in [7, 11) is 1.55. The maximum atomic E-state index is 12.7. The minimum atomic E-state index is -0.470. The summed E-state index contributed by atoms with van der Waals surface area (Å²) >= 11 is 6.84. The molecule has 0 aromatic heterocycles. The summed E-state index contributed by atoms with van der Waals surface area (Å²) in [5.41, 5.74) is 1.53. The smallest absolute Gasteiger partial charge is 0.338 e. The molecule has 1 aliphatic rings. The summed E-state index contributed by atoms with van der Waals surface area (Å²) in [5, 5.41) is 16.6. The van der Waals surface area contributed by atoms with E-state index in [1.165, 1.54) is 11.8 Å². The van der Waals surface area contributed by atoms with Crippen LogP contribution in [0.2, 0.25) is 0 Å². The number of cyclic esters (lactones) is 1. The van der Waals surface area contributed by atoms with Gasteiger partial charge < -0.3 is 25.2 Å². The van der Waals surface area contributed by atoms with E-state index in [0.717, 1.165) is 12.8 Å². The number of carbonyl (C=O) groups is 2. The predicted molar refractivity (Wildman–Crippen MR) is 122 cm³/mol. The van der Waals surface area contributed by atoms with E-state index in [2.05, 4.69) is 10.6 Å². The molecule has 1 aromatic rings. The van der Waals surface area contributed by atoms with Gasteiger partial charge in [-0.1, -0.05) is 19.1 Å². The van der Waals surface area contributed by atoms with Crippen LogP contribution in [-0.4, -0.2) is 54.0 Å². The van der Waals surface area contributed by atoms with E-state index in [9.17, 15) is 14.7 Å². The Kier molecular flexibility index (Phi) is 10.4. The molecule has 1 heterocycles. The Balaban J connectivity index is 2.25. The fourth-order valence-electron chi connectivity index (χ4n) is 3.03. The molecule has 0 saturated carbocycles. The van der Waals surface area contributed by atoms with E-state index >= 15 is 0 Å². The van der Waals surface area contributed by atoms with Crippen LogP contribution in [0.3, 0.4) is 0 Å². The first-order valence-corrected chi connectivity index (χ1v) is 11.7. The van der Waals surface area contributed by atoms with Crippen LogP contribution in [0.5, 0.6) is 5.75 Å². The van der Waals surface area contributed by atoms with Gasteiger partial charge in [0.2, 0.25) is 5.91 Å². The number of esters is 1. The van der Waals surface area contributed by atoms with Crippen LogP contribution < -0.4 is 10.6 Å². The van der Waals surface area contributed by atoms with Crippen LogP contribution in [0, 0.1) is 0 Å². The van der Waals surface area contributed by atoms with Crippen molar-refractivity contribution in [3.05, 3.63) is 28.8 Å². The van der Waals surface area contributed by atoms with Crippen molar-refractivity contribution in [2.45, 2.75) is 51.0 Å². The van der Waals surface area contributed by atoms with Gasteiger partial charge in [-0.2, -0.15) is 11.8 Å². The van der Waals surface area contributed by atoms with Gasteiger partial charge in [0.15, 0.2) is 0 Å². The lowest BCUT2D eigenvalue weighted by Crippen LogP contribution is -2.48. The van der Waals surface area contributed by atoms with Crippen molar-refractivity contribution in [3.63, 3.8) is 0 Å². The summed E-state index contributed by atoms with van der Waals surface area (Å²) < 4.78 is 10.5. The van der Waals surface area contributed by atoms with Crippen molar-refractivity contribution in [1.82, 2.24) is 10.6 Å². The zero-order valence-electron chi connectivity index (χ0n) is 17.5. The third-order valence-electron chi connectivity index (χ3n) is 4.58. The number of hydrogen-bond donors (Lipinski definition) is 3. The highest BCUT2D eigenvalue weighted by Gasteiger charge is 2.22. The SMILES string of the molecule is CCCNC(=O)[C@@H]1CSCc2c(O)cc(COC)cc2C(=O)OCCCCC(=S)N1. The van der Waals surface area contributed by atoms with Crippen LogP contribution in [0.25, 0.3) is 0 Å². The fourth-order valence-corrected chi connectivity index (χ4v) is 4.41. The first kappa shape index (κ1) is 24.4. The Morgan fingerprint density at radius 1 is 1.43 bits per heavy atom. The summed E-state index contributed by atoms with van der Waals surface area (Å²) in [5.74, 6) is 0.261. The Morgan fingerprint density at radius 2 is 2.23 bits per heavy atom. The highest BCUT2D eigenvalue weighted by molar-refractivity contribution is 7.98. The van der Waals surface area contributed by atoms with Gasteiger partial charge in [0.25, 0.3) is 0 Å². The second kappa shape index (κ2) is 12.8. The Morgan fingerprint density at radius 3 is 2.97 bits per heavy atom. The average Bonchev–Trinajstić information content (AvgIpc) is 2.71. The van der Waals surface area contributed by atoms with Gasteiger partial charge >= 0.3 is 5.97 Å². The van der Waals surface area contributed by atoms with E-state index in [4.69, 9.17) is 21.7 Å². The molecule has 0 aliphatic carbocycles. The minimum Gasteiger partial charge on any atom is -0.508 e. The van der Waals surface area contributed by atoms with Crippen molar-refractivity contribution >= 4 is 40.8 Å². The van der Waals surface area contributed by atoms with E-state index in [-0.39, 0.29) is 24.9 Å². The van der Waals surface area contributed by atoms with Crippen molar-refractivity contribution in [3.8, 4) is 5.75 Å². The molecule has 0 spiro atoms. The standard InChI is InChI=1S/C21H30N2O5S2/c1-3-7-22-20(25)17-13-30-12-16-15(9-14(11-27-2)10-18(16)24)21(26)28-8-5-4-6-19(29)23-17/h9-10,17,24H,3-8,11-13H2,1-2H3,(H,22,25)(H,23,29)/t17-/m0/s1. The van der Waals surface area contributed by atoms with E-state index < -0.39 is 12.0 Å². The molecule has 30 heavy (non-hydrogen) atoms. The third-order valence-corrected chi connectivity index (χ3v) is 5.96. The zero-order valence-corrected chi connectivity index (χ0v) is 19.1. The number of methoxy groups -OCH3 is 1. The zero-order chi connectivity index (χ0) is 21.9. The topological polar surface area (TPSA) is 96.9 Å². The fraction of sp³-hybridized carbons (Fsp3) is 0.571. The molecule has 0 bridgehead atoms. The molecular formula is C21H30N2O5S2. The summed E-state index contributed by atoms with van der Waals surface area (Å²) in [4.78, 5) is 25.8. The lowest BCUT2D eigenvalue weighted by atomic mass is 10.0. The second-order valence-corrected chi connectivity index (χ2v) is 8.62. The lowest BCUT2D eigenvalue weighted by Gasteiger charge is -2.21. The number of thiocarbonyl (C=S) groups is 1. The van der Waals surface area contributed by atoms with Crippen LogP contribution in [0.4, 0.5) is 0 Å². The number of thioether (sulfide) groups is 1. The molecule has 0 unspecified atom stereocenters. The molecule has 166 valence electrons. The number of phenolic OH excluding ortho intramolecular Hbond substituents is 1. The molecule has 0 saturated heterocycles. The van der Waals surface area contributed by atoms with Gasteiger partial charge in [0.05, 0.1) is 23.8 Å². The number of rotatable bonds is 5. The minimum absolute atomic E-state index is 0.0200. The predicted octanol–water partition coefficient (Wildman–Crippen LogP) is 2.92. The molecular weight excluding hydrogens is 424 g/mol. The number of hydrogen-bond acceptors (Lipinski definition) is 7. The average molecular weight is 455 g/mol. The molecule has 1 aliphatic heterocycles. The Bertz CT molecular complexity index is 757. The summed E-state index contributed by atoms with van der Waals surface area (Å²) in [6.07, 6.45) is 2.89. The molecule has 0 radical (unpaired) electrons. The number of fused-ring (bicyclic) bond motifs is 1. The molecule has 1 aromatic carbocycles. The van der Waals surface area contributed by atoms with E-state index in [0.29, 0.717) is 52.6 Å². The van der Waals surface area contributed by atoms with Crippen molar-refractivity contribution in [1.29, 1.82) is 0 Å². The maximum absolute atomic E-state index is 12.7. The first-order valence-electron chi connectivity index (χ1n) is 10.1. The molecule has 3 N–H and O–H groups in total. The maximum Gasteiger partial charge on any atom is 0.338 e. The number of ether oxygens (including phenoxy) is 2. The number of aromatic hydroxyl groups is 1. The number of nitrogens with one attached hydrogen (secondary N) is 2. The van der Waals surface area contributed by atoms with E-state index in [1.54, 1.807) is 19.2 Å². The molecule has 1 amide bonds. The molecule has 9 heteroatoms. The van der Waals surface area contributed by atoms with Gasteiger partial charge in [0, 0.05) is 30.7 Å². The normalized spacial score (nSPS) is 18.5. The highest BCUT2D eigenvalue weighted by atomic mass is 32.2.